The molecule has 0 amide bonds. The zero-order chi connectivity index (χ0) is 39.9. The van der Waals surface area contributed by atoms with E-state index in [2.05, 4.69) is 68.5 Å². The Labute approximate surface area is 355 Å². The number of aromatic hydroxyl groups is 4. The molecule has 0 saturated carbocycles. The van der Waals surface area contributed by atoms with Crippen LogP contribution in [0.1, 0.15) is 35.6 Å². The van der Waals surface area contributed by atoms with Gasteiger partial charge in [-0.1, -0.05) is 46.4 Å². The number of aryl methyl sites for hydroxylation is 3. The normalized spacial score (nSPS) is 10.7. The molecule has 0 aliphatic carbocycles. The molecule has 4 aromatic carbocycles. The number of carbonyl (C=O) groups excluding carboxylic acids is 2. The molecule has 0 saturated heterocycles. The summed E-state index contributed by atoms with van der Waals surface area (Å²) >= 11 is 35.4. The Morgan fingerprint density at radius 1 is 0.654 bits per heavy atom. The number of hydrogen-bond acceptors (Lipinski definition) is 9. The predicted molar refractivity (Wildman–Crippen MR) is 219 cm³/mol. The van der Waals surface area contributed by atoms with Gasteiger partial charge >= 0.3 is 11.9 Å². The number of halogens is 8. The summed E-state index contributed by atoms with van der Waals surface area (Å²) in [6.07, 6.45) is -0.324. The van der Waals surface area contributed by atoms with Gasteiger partial charge in [0, 0.05) is 12.8 Å². The molecule has 0 fully saturated rings. The molecule has 0 aromatic heterocycles. The summed E-state index contributed by atoms with van der Waals surface area (Å²) in [4.78, 5) is 22.1. The minimum atomic E-state index is -1.20. The fraction of sp³-hybridized carbons (Fsp3) is 0.257. The molecule has 17 heteroatoms. The highest BCUT2D eigenvalue weighted by molar-refractivity contribution is 9.11. The van der Waals surface area contributed by atoms with Crippen LogP contribution in [0.4, 0.5) is 0 Å². The summed E-state index contributed by atoms with van der Waals surface area (Å²) in [5.74, 6) is -0.790. The van der Waals surface area contributed by atoms with E-state index in [1.807, 2.05) is 26.0 Å². The first-order valence-electron chi connectivity index (χ1n) is 14.8. The van der Waals surface area contributed by atoms with Crippen molar-refractivity contribution in [3.8, 4) is 23.0 Å². The molecule has 284 valence electrons. The van der Waals surface area contributed by atoms with E-state index in [9.17, 15) is 30.0 Å². The molecule has 1 unspecified atom stereocenters. The van der Waals surface area contributed by atoms with Crippen molar-refractivity contribution >= 4 is 122 Å². The predicted octanol–water partition coefficient (Wildman–Crippen LogP) is 11.4. The van der Waals surface area contributed by atoms with E-state index in [0.717, 1.165) is 25.6 Å². The summed E-state index contributed by atoms with van der Waals surface area (Å²) in [5, 5.41) is 47.7. The fourth-order valence-corrected chi connectivity index (χ4v) is 7.60. The molecule has 0 aliphatic rings. The third-order valence-electron chi connectivity index (χ3n) is 6.31. The summed E-state index contributed by atoms with van der Waals surface area (Å²) < 4.78 is 11.6. The molecular weight excluding hydrogens is 1030 g/mol. The minimum absolute atomic E-state index is 0.0473. The lowest BCUT2D eigenvalue weighted by atomic mass is 10.1. The fourth-order valence-electron chi connectivity index (χ4n) is 3.78. The number of carbonyl (C=O) groups is 2. The van der Waals surface area contributed by atoms with Gasteiger partial charge in [-0.05, 0) is 162 Å². The van der Waals surface area contributed by atoms with Gasteiger partial charge in [0.2, 0.25) is 0 Å². The first kappa shape index (κ1) is 48.1. The standard InChI is InChI=1S/C11H12Br2O4.C10H10Cl2O3.C7H6Br2O.C7H6Cl2O/c1-2-17-11(16)9(14)5-6-3-7(12)10(15)8(13)4-6;1-15-9(13)3-2-6-4-7(11)10(14)8(12)5-6;2*1-4-2-5(8)7(10)6(9)3-4/h3-4,9,14-15H,2,5H2,1H3;4-5,14H,2-3H2,1H3;2*2-3,10H,1H3. The number of benzene rings is 4. The van der Waals surface area contributed by atoms with Crippen LogP contribution in [0.3, 0.4) is 0 Å². The zero-order valence-corrected chi connectivity index (χ0v) is 37.3. The van der Waals surface area contributed by atoms with Crippen molar-refractivity contribution in [1.82, 2.24) is 0 Å². The van der Waals surface area contributed by atoms with Gasteiger partial charge in [-0.3, -0.25) is 4.79 Å². The summed E-state index contributed by atoms with van der Waals surface area (Å²) in [6.45, 7) is 5.74. The highest BCUT2D eigenvalue weighted by Crippen LogP contribution is 2.35. The number of hydrogen-bond donors (Lipinski definition) is 5. The largest absolute Gasteiger partial charge is 0.506 e. The number of phenols is 4. The van der Waals surface area contributed by atoms with Crippen molar-refractivity contribution < 1.29 is 44.6 Å². The number of methoxy groups -OCH3 is 1. The van der Waals surface area contributed by atoms with Crippen molar-refractivity contribution in [3.05, 3.63) is 109 Å². The van der Waals surface area contributed by atoms with E-state index in [1.54, 1.807) is 43.3 Å². The Morgan fingerprint density at radius 2 is 1.04 bits per heavy atom. The van der Waals surface area contributed by atoms with Gasteiger partial charge in [0.05, 0.1) is 51.7 Å². The van der Waals surface area contributed by atoms with Crippen LogP contribution in [0, 0.1) is 13.8 Å². The van der Waals surface area contributed by atoms with Crippen LogP contribution in [0.15, 0.2) is 66.4 Å². The Morgan fingerprint density at radius 3 is 1.44 bits per heavy atom. The monoisotopic (exact) mass is 1050 g/mol. The summed E-state index contributed by atoms with van der Waals surface area (Å²) in [7, 11) is 1.33. The third-order valence-corrected chi connectivity index (χ3v) is 9.88. The number of rotatable bonds is 7. The summed E-state index contributed by atoms with van der Waals surface area (Å²) in [5.41, 5.74) is 3.54. The summed E-state index contributed by atoms with van der Waals surface area (Å²) in [6, 6.07) is 13.5. The van der Waals surface area contributed by atoms with Gasteiger partial charge in [-0.25, -0.2) is 4.79 Å². The van der Waals surface area contributed by atoms with Crippen LogP contribution in [-0.2, 0) is 31.9 Å². The van der Waals surface area contributed by atoms with Crippen LogP contribution in [0.25, 0.3) is 0 Å². The Kier molecular flexibility index (Phi) is 22.0. The van der Waals surface area contributed by atoms with Crippen molar-refractivity contribution in [2.75, 3.05) is 13.7 Å². The molecule has 1 atom stereocenters. The zero-order valence-electron chi connectivity index (χ0n) is 27.9. The minimum Gasteiger partial charge on any atom is -0.506 e. The van der Waals surface area contributed by atoms with Crippen molar-refractivity contribution in [2.24, 2.45) is 0 Å². The van der Waals surface area contributed by atoms with E-state index < -0.39 is 12.1 Å². The van der Waals surface area contributed by atoms with E-state index in [0.29, 0.717) is 31.0 Å². The maximum Gasteiger partial charge on any atom is 0.335 e. The van der Waals surface area contributed by atoms with Crippen molar-refractivity contribution in [3.63, 3.8) is 0 Å². The van der Waals surface area contributed by atoms with Gasteiger partial charge in [-0.15, -0.1) is 0 Å². The first-order chi connectivity index (χ1) is 24.2. The van der Waals surface area contributed by atoms with Crippen LogP contribution in [-0.4, -0.2) is 57.3 Å². The van der Waals surface area contributed by atoms with Crippen LogP contribution in [0.2, 0.25) is 20.1 Å². The highest BCUT2D eigenvalue weighted by atomic mass is 79.9. The number of phenolic OH excluding ortho intramolecular Hbond substituents is 4. The molecule has 4 rings (SSSR count). The average Bonchev–Trinajstić information content (AvgIpc) is 3.07. The second-order valence-electron chi connectivity index (χ2n) is 10.5. The molecule has 0 heterocycles. The van der Waals surface area contributed by atoms with E-state index >= 15 is 0 Å². The number of esters is 2. The van der Waals surface area contributed by atoms with Gasteiger partial charge in [-0.2, -0.15) is 0 Å². The lowest BCUT2D eigenvalue weighted by Gasteiger charge is -2.11. The third kappa shape index (κ3) is 16.6. The maximum atomic E-state index is 11.2. The molecule has 0 spiro atoms. The second-order valence-corrected chi connectivity index (χ2v) is 15.6. The van der Waals surface area contributed by atoms with Crippen LogP contribution in [0.5, 0.6) is 23.0 Å². The molecular formula is C35H34Br4Cl4O9. The van der Waals surface area contributed by atoms with Gasteiger partial charge in [0.25, 0.3) is 0 Å². The quantitative estimate of drug-likeness (QED) is 0.114. The van der Waals surface area contributed by atoms with Gasteiger partial charge in [0.15, 0.2) is 17.6 Å². The van der Waals surface area contributed by atoms with Crippen molar-refractivity contribution in [2.45, 2.75) is 46.1 Å². The number of ether oxygens (including phenoxy) is 2. The molecule has 52 heavy (non-hydrogen) atoms. The highest BCUT2D eigenvalue weighted by Gasteiger charge is 2.18. The second kappa shape index (κ2) is 23.8. The first-order valence-corrected chi connectivity index (χ1v) is 19.4. The topological polar surface area (TPSA) is 154 Å². The number of aliphatic hydroxyl groups excluding tert-OH is 1. The molecule has 4 aromatic rings. The molecule has 5 N–H and O–H groups in total. The SMILES string of the molecule is CCOC(=O)C(O)Cc1cc(Br)c(O)c(Br)c1.COC(=O)CCc1cc(Cl)c(O)c(Cl)c1.Cc1cc(Br)c(O)c(Br)c1.Cc1cc(Cl)c(O)c(Cl)c1. The molecule has 0 radical (unpaired) electrons. The van der Waals surface area contributed by atoms with Gasteiger partial charge < -0.3 is 35.0 Å². The number of aliphatic hydroxyl groups is 1. The molecule has 0 aliphatic heterocycles. The smallest absolute Gasteiger partial charge is 0.335 e. The Hall–Kier alpha value is -1.94. The Balaban J connectivity index is 0.000000356. The average molecular weight is 1060 g/mol. The lowest BCUT2D eigenvalue weighted by molar-refractivity contribution is -0.152. The van der Waals surface area contributed by atoms with Crippen molar-refractivity contribution in [1.29, 1.82) is 0 Å². The van der Waals surface area contributed by atoms with Crippen LogP contribution < -0.4 is 0 Å². The Bertz CT molecular complexity index is 1700. The molecule has 0 bridgehead atoms. The van der Waals surface area contributed by atoms with Crippen LogP contribution >= 0.6 is 110 Å². The van der Waals surface area contributed by atoms with E-state index in [4.69, 9.17) is 56.2 Å². The van der Waals surface area contributed by atoms with Gasteiger partial charge in [0.1, 0.15) is 11.5 Å². The molecule has 9 nitrogen and oxygen atoms in total. The van der Waals surface area contributed by atoms with E-state index in [-0.39, 0.29) is 58.5 Å². The lowest BCUT2D eigenvalue weighted by Crippen LogP contribution is -2.25. The van der Waals surface area contributed by atoms with E-state index in [1.165, 1.54) is 7.11 Å². The maximum absolute atomic E-state index is 11.2.